The van der Waals surface area contributed by atoms with E-state index in [1.807, 2.05) is 42.4 Å². The summed E-state index contributed by atoms with van der Waals surface area (Å²) in [4.78, 5) is 5.46. The molecule has 0 amide bonds. The Morgan fingerprint density at radius 1 is 1.33 bits per heavy atom. The number of nitrogens with two attached hydrogens (primary N) is 1. The summed E-state index contributed by atoms with van der Waals surface area (Å²) in [7, 11) is 3.78. The maximum atomic E-state index is 6.11. The third-order valence-corrected chi connectivity index (χ3v) is 3.69. The fourth-order valence-electron chi connectivity index (χ4n) is 1.92. The first-order chi connectivity index (χ1) is 8.66. The van der Waals surface area contributed by atoms with Gasteiger partial charge in [0.1, 0.15) is 17.2 Å². The Labute approximate surface area is 109 Å². The maximum Gasteiger partial charge on any atom is 0.130 e. The van der Waals surface area contributed by atoms with Crippen LogP contribution in [0.4, 0.5) is 5.82 Å². The van der Waals surface area contributed by atoms with Crippen LogP contribution in [0, 0.1) is 0 Å². The van der Waals surface area contributed by atoms with Crippen LogP contribution in [0.1, 0.15) is 0 Å². The Bertz CT molecular complexity index is 677. The molecule has 0 fully saturated rings. The standard InChI is InChI=1S/C12H13N5S/c1-16-6-8(14-7-16)11-10(9-4-3-5-18-9)12(13)17(2)15-11/h3-7H,13H2,1-2H3. The summed E-state index contributed by atoms with van der Waals surface area (Å²) in [5, 5.41) is 6.50. The Morgan fingerprint density at radius 3 is 2.78 bits per heavy atom. The van der Waals surface area contributed by atoms with Crippen LogP contribution in [0.5, 0.6) is 0 Å². The molecule has 0 spiro atoms. The van der Waals surface area contributed by atoms with Gasteiger partial charge in [0, 0.05) is 25.2 Å². The van der Waals surface area contributed by atoms with Crippen molar-refractivity contribution in [2.75, 3.05) is 5.73 Å². The van der Waals surface area contributed by atoms with Crippen LogP contribution in [0.2, 0.25) is 0 Å². The molecule has 0 atom stereocenters. The topological polar surface area (TPSA) is 61.7 Å². The van der Waals surface area contributed by atoms with Gasteiger partial charge in [-0.1, -0.05) is 6.07 Å². The lowest BCUT2D eigenvalue weighted by Crippen LogP contribution is -1.97. The van der Waals surface area contributed by atoms with Gasteiger partial charge in [-0.3, -0.25) is 4.68 Å². The molecule has 0 bridgehead atoms. The van der Waals surface area contributed by atoms with E-state index in [-0.39, 0.29) is 0 Å². The summed E-state index contributed by atoms with van der Waals surface area (Å²) in [5.74, 6) is 0.665. The third-order valence-electron chi connectivity index (χ3n) is 2.81. The molecule has 0 radical (unpaired) electrons. The van der Waals surface area contributed by atoms with Gasteiger partial charge in [0.25, 0.3) is 0 Å². The van der Waals surface area contributed by atoms with Gasteiger partial charge in [-0.05, 0) is 11.4 Å². The SMILES string of the molecule is Cn1cnc(-c2nn(C)c(N)c2-c2cccs2)c1. The minimum atomic E-state index is 0.665. The zero-order valence-corrected chi connectivity index (χ0v) is 11.0. The molecule has 3 rings (SSSR count). The molecule has 0 aliphatic rings. The van der Waals surface area contributed by atoms with Crippen molar-refractivity contribution >= 4 is 17.2 Å². The van der Waals surface area contributed by atoms with Crippen molar-refractivity contribution < 1.29 is 0 Å². The molecular weight excluding hydrogens is 246 g/mol. The van der Waals surface area contributed by atoms with Crippen molar-refractivity contribution in [2.24, 2.45) is 14.1 Å². The molecule has 0 unspecified atom stereocenters. The predicted octanol–water partition coefficient (Wildman–Crippen LogP) is 2.13. The van der Waals surface area contributed by atoms with Gasteiger partial charge in [-0.15, -0.1) is 11.3 Å². The molecule has 92 valence electrons. The first kappa shape index (κ1) is 11.0. The summed E-state index contributed by atoms with van der Waals surface area (Å²) in [6.45, 7) is 0. The van der Waals surface area contributed by atoms with Crippen molar-refractivity contribution in [2.45, 2.75) is 0 Å². The molecular formula is C12H13N5S. The third kappa shape index (κ3) is 1.62. The van der Waals surface area contributed by atoms with Gasteiger partial charge in [-0.25, -0.2) is 4.98 Å². The number of rotatable bonds is 2. The number of hydrogen-bond acceptors (Lipinski definition) is 4. The predicted molar refractivity (Wildman–Crippen MR) is 73.1 cm³/mol. The number of thiophene rings is 1. The van der Waals surface area contributed by atoms with E-state index in [0.717, 1.165) is 21.8 Å². The lowest BCUT2D eigenvalue weighted by Gasteiger charge is -1.98. The van der Waals surface area contributed by atoms with E-state index < -0.39 is 0 Å². The van der Waals surface area contributed by atoms with E-state index in [9.17, 15) is 0 Å². The minimum Gasteiger partial charge on any atom is -0.383 e. The molecule has 5 nitrogen and oxygen atoms in total. The van der Waals surface area contributed by atoms with E-state index in [1.165, 1.54) is 0 Å². The highest BCUT2D eigenvalue weighted by Crippen LogP contribution is 2.37. The first-order valence-electron chi connectivity index (χ1n) is 5.51. The van der Waals surface area contributed by atoms with E-state index in [2.05, 4.69) is 10.1 Å². The highest BCUT2D eigenvalue weighted by Gasteiger charge is 2.19. The Hall–Kier alpha value is -2.08. The summed E-state index contributed by atoms with van der Waals surface area (Å²) in [6.07, 6.45) is 3.71. The smallest absolute Gasteiger partial charge is 0.130 e. The fourth-order valence-corrected chi connectivity index (χ4v) is 2.70. The molecule has 6 heteroatoms. The number of nitrogen functional groups attached to an aromatic ring is 1. The van der Waals surface area contributed by atoms with Gasteiger partial charge in [-0.2, -0.15) is 5.10 Å². The number of aromatic nitrogens is 4. The van der Waals surface area contributed by atoms with Gasteiger partial charge in [0.2, 0.25) is 0 Å². The average Bonchev–Trinajstić information content (AvgIpc) is 3.02. The summed E-state index contributed by atoms with van der Waals surface area (Å²) < 4.78 is 3.59. The highest BCUT2D eigenvalue weighted by molar-refractivity contribution is 7.13. The second-order valence-corrected chi connectivity index (χ2v) is 5.08. The van der Waals surface area contributed by atoms with Crippen LogP contribution in [-0.4, -0.2) is 19.3 Å². The van der Waals surface area contributed by atoms with Crippen LogP contribution < -0.4 is 5.73 Å². The zero-order valence-electron chi connectivity index (χ0n) is 10.2. The Kier molecular flexibility index (Phi) is 2.45. The zero-order chi connectivity index (χ0) is 12.7. The molecule has 3 aromatic rings. The Balaban J connectivity index is 2.24. The van der Waals surface area contributed by atoms with E-state index in [0.29, 0.717) is 5.82 Å². The fraction of sp³-hybridized carbons (Fsp3) is 0.167. The van der Waals surface area contributed by atoms with Crippen molar-refractivity contribution in [3.63, 3.8) is 0 Å². The Morgan fingerprint density at radius 2 is 2.17 bits per heavy atom. The first-order valence-corrected chi connectivity index (χ1v) is 6.39. The van der Waals surface area contributed by atoms with E-state index in [4.69, 9.17) is 5.73 Å². The molecule has 0 aliphatic carbocycles. The van der Waals surface area contributed by atoms with Crippen molar-refractivity contribution in [1.29, 1.82) is 0 Å². The maximum absolute atomic E-state index is 6.11. The summed E-state index contributed by atoms with van der Waals surface area (Å²) >= 11 is 1.65. The van der Waals surface area contributed by atoms with Crippen LogP contribution in [0.25, 0.3) is 21.8 Å². The number of aryl methyl sites for hydroxylation is 2. The van der Waals surface area contributed by atoms with Crippen molar-refractivity contribution in [3.8, 4) is 21.8 Å². The van der Waals surface area contributed by atoms with Crippen molar-refractivity contribution in [3.05, 3.63) is 30.0 Å². The number of hydrogen-bond donors (Lipinski definition) is 1. The van der Waals surface area contributed by atoms with Crippen LogP contribution in [0.3, 0.4) is 0 Å². The molecule has 18 heavy (non-hydrogen) atoms. The highest BCUT2D eigenvalue weighted by atomic mass is 32.1. The van der Waals surface area contributed by atoms with Gasteiger partial charge in [0.15, 0.2) is 0 Å². The van der Waals surface area contributed by atoms with Gasteiger partial charge in [0.05, 0.1) is 11.9 Å². The van der Waals surface area contributed by atoms with Crippen LogP contribution in [-0.2, 0) is 14.1 Å². The second-order valence-electron chi connectivity index (χ2n) is 4.13. The monoisotopic (exact) mass is 259 g/mol. The number of imidazole rings is 1. The molecule has 0 aliphatic heterocycles. The lowest BCUT2D eigenvalue weighted by atomic mass is 10.1. The van der Waals surface area contributed by atoms with Crippen LogP contribution >= 0.6 is 11.3 Å². The normalized spacial score (nSPS) is 11.0. The molecule has 0 saturated carbocycles. The molecule has 3 aromatic heterocycles. The van der Waals surface area contributed by atoms with Crippen molar-refractivity contribution in [1.82, 2.24) is 19.3 Å². The molecule has 2 N–H and O–H groups in total. The van der Waals surface area contributed by atoms with E-state index >= 15 is 0 Å². The van der Waals surface area contributed by atoms with Crippen LogP contribution in [0.15, 0.2) is 30.0 Å². The largest absolute Gasteiger partial charge is 0.383 e. The molecule has 0 saturated heterocycles. The number of anilines is 1. The molecule has 3 heterocycles. The van der Waals surface area contributed by atoms with Gasteiger partial charge >= 0.3 is 0 Å². The number of nitrogens with zero attached hydrogens (tertiary/aromatic N) is 4. The summed E-state index contributed by atoms with van der Waals surface area (Å²) in [6, 6.07) is 4.05. The molecule has 0 aromatic carbocycles. The average molecular weight is 259 g/mol. The quantitative estimate of drug-likeness (QED) is 0.767. The minimum absolute atomic E-state index is 0.665. The lowest BCUT2D eigenvalue weighted by molar-refractivity contribution is 0.781. The van der Waals surface area contributed by atoms with Gasteiger partial charge < -0.3 is 10.3 Å². The second kappa shape index (κ2) is 3.99. The summed E-state index contributed by atoms with van der Waals surface area (Å²) in [5.41, 5.74) is 8.75. The van der Waals surface area contributed by atoms with E-state index in [1.54, 1.807) is 22.3 Å².